The minimum absolute atomic E-state index is 0.0307. The average Bonchev–Trinajstić information content (AvgIpc) is 2.85. The zero-order valence-corrected chi connectivity index (χ0v) is 10.5. The molecule has 0 spiro atoms. The quantitative estimate of drug-likeness (QED) is 0.627. The number of amides is 2. The molecule has 1 rings (SSSR count). The highest BCUT2D eigenvalue weighted by molar-refractivity contribution is 5.87. The maximum atomic E-state index is 11.5. The second-order valence-corrected chi connectivity index (χ2v) is 4.26. The molecule has 18 heavy (non-hydrogen) atoms. The van der Waals surface area contributed by atoms with Crippen LogP contribution in [0.5, 0.6) is 0 Å². The minimum atomic E-state index is -0.603. The predicted molar refractivity (Wildman–Crippen MR) is 64.2 cm³/mol. The summed E-state index contributed by atoms with van der Waals surface area (Å²) in [6.45, 7) is 3.85. The Morgan fingerprint density at radius 2 is 2.17 bits per heavy atom. The lowest BCUT2D eigenvalue weighted by Gasteiger charge is -2.14. The van der Waals surface area contributed by atoms with Crippen molar-refractivity contribution >= 4 is 11.8 Å². The van der Waals surface area contributed by atoms with Crippen LogP contribution in [-0.2, 0) is 16.1 Å². The van der Waals surface area contributed by atoms with Gasteiger partial charge in [0, 0.05) is 6.07 Å². The number of rotatable bonds is 6. The second kappa shape index (κ2) is 6.75. The smallest absolute Gasteiger partial charge is 0.239 e. The molecule has 0 bridgehead atoms. The lowest BCUT2D eigenvalue weighted by molar-refractivity contribution is -0.127. The number of aromatic nitrogens is 1. The van der Waals surface area contributed by atoms with Crippen LogP contribution < -0.4 is 16.4 Å². The summed E-state index contributed by atoms with van der Waals surface area (Å²) in [5, 5.41) is 8.70. The van der Waals surface area contributed by atoms with Gasteiger partial charge in [0.25, 0.3) is 0 Å². The van der Waals surface area contributed by atoms with E-state index in [-0.39, 0.29) is 30.8 Å². The van der Waals surface area contributed by atoms with Crippen molar-refractivity contribution in [2.75, 3.05) is 6.54 Å². The van der Waals surface area contributed by atoms with Gasteiger partial charge in [-0.05, 0) is 5.92 Å². The van der Waals surface area contributed by atoms with Crippen LogP contribution in [0, 0.1) is 5.92 Å². The van der Waals surface area contributed by atoms with Crippen molar-refractivity contribution in [2.24, 2.45) is 11.7 Å². The average molecular weight is 254 g/mol. The van der Waals surface area contributed by atoms with Crippen molar-refractivity contribution in [3.05, 3.63) is 18.0 Å². The third kappa shape index (κ3) is 4.54. The van der Waals surface area contributed by atoms with E-state index in [4.69, 9.17) is 5.73 Å². The van der Waals surface area contributed by atoms with E-state index >= 15 is 0 Å². The molecule has 0 aliphatic rings. The van der Waals surface area contributed by atoms with Crippen LogP contribution in [-0.4, -0.2) is 29.6 Å². The molecule has 0 aliphatic carbocycles. The zero-order valence-electron chi connectivity index (χ0n) is 10.5. The summed E-state index contributed by atoms with van der Waals surface area (Å²) in [6.07, 6.45) is 1.42. The number of nitrogens with two attached hydrogens (primary N) is 1. The second-order valence-electron chi connectivity index (χ2n) is 4.26. The van der Waals surface area contributed by atoms with Gasteiger partial charge in [-0.15, -0.1) is 0 Å². The Bertz CT molecular complexity index is 389. The lowest BCUT2D eigenvalue weighted by atomic mass is 10.1. The highest BCUT2D eigenvalue weighted by Gasteiger charge is 2.17. The molecule has 0 aromatic carbocycles. The lowest BCUT2D eigenvalue weighted by Crippen LogP contribution is -2.47. The summed E-state index contributed by atoms with van der Waals surface area (Å²) < 4.78 is 4.62. The molecule has 7 nitrogen and oxygen atoms in total. The number of hydrogen-bond donors (Lipinski definition) is 3. The van der Waals surface area contributed by atoms with Gasteiger partial charge in [0.1, 0.15) is 12.0 Å². The third-order valence-electron chi connectivity index (χ3n) is 2.40. The Kier molecular flexibility index (Phi) is 5.31. The molecule has 0 unspecified atom stereocenters. The molecule has 1 atom stereocenters. The molecule has 0 saturated carbocycles. The fourth-order valence-corrected chi connectivity index (χ4v) is 1.17. The summed E-state index contributed by atoms with van der Waals surface area (Å²) >= 11 is 0. The first kappa shape index (κ1) is 14.2. The molecule has 100 valence electrons. The summed E-state index contributed by atoms with van der Waals surface area (Å²) in [4.78, 5) is 22.9. The molecule has 1 aromatic rings. The summed E-state index contributed by atoms with van der Waals surface area (Å²) in [6, 6.07) is 1.04. The molecule has 0 saturated heterocycles. The van der Waals surface area contributed by atoms with Crippen molar-refractivity contribution in [1.29, 1.82) is 0 Å². The normalized spacial score (nSPS) is 12.2. The first-order valence-corrected chi connectivity index (χ1v) is 5.70. The van der Waals surface area contributed by atoms with Crippen LogP contribution >= 0.6 is 0 Å². The Labute approximate surface area is 105 Å². The standard InChI is InChI=1S/C11H18N4O3/c1-7(2)10(12)11(17)14-6-9(16)13-5-8-3-4-18-15-8/h3-4,7,10H,5-6,12H2,1-2H3,(H,13,16)(H,14,17)/t10-/m0/s1. The number of nitrogens with one attached hydrogen (secondary N) is 2. The van der Waals surface area contributed by atoms with Crippen LogP contribution in [0.25, 0.3) is 0 Å². The molecule has 0 radical (unpaired) electrons. The van der Waals surface area contributed by atoms with Crippen LogP contribution in [0.15, 0.2) is 16.9 Å². The maximum absolute atomic E-state index is 11.5. The summed E-state index contributed by atoms with van der Waals surface area (Å²) in [7, 11) is 0. The fraction of sp³-hybridized carbons (Fsp3) is 0.545. The molecule has 4 N–H and O–H groups in total. The predicted octanol–water partition coefficient (Wildman–Crippen LogP) is -0.610. The van der Waals surface area contributed by atoms with Crippen molar-refractivity contribution in [3.63, 3.8) is 0 Å². The van der Waals surface area contributed by atoms with Gasteiger partial charge < -0.3 is 20.9 Å². The SMILES string of the molecule is CC(C)[C@H](N)C(=O)NCC(=O)NCc1ccon1. The zero-order chi connectivity index (χ0) is 13.5. The van der Waals surface area contributed by atoms with Crippen molar-refractivity contribution in [1.82, 2.24) is 15.8 Å². The highest BCUT2D eigenvalue weighted by Crippen LogP contribution is 1.97. The van der Waals surface area contributed by atoms with Crippen LogP contribution in [0.4, 0.5) is 0 Å². The van der Waals surface area contributed by atoms with E-state index in [1.807, 2.05) is 13.8 Å². The molecule has 7 heteroatoms. The minimum Gasteiger partial charge on any atom is -0.364 e. The third-order valence-corrected chi connectivity index (χ3v) is 2.40. The molecule has 1 aromatic heterocycles. The molecule has 0 fully saturated rings. The molecule has 1 heterocycles. The van der Waals surface area contributed by atoms with Crippen LogP contribution in [0.3, 0.4) is 0 Å². The first-order chi connectivity index (χ1) is 8.50. The molecular weight excluding hydrogens is 236 g/mol. The van der Waals surface area contributed by atoms with Crippen molar-refractivity contribution in [3.8, 4) is 0 Å². The van der Waals surface area contributed by atoms with Gasteiger partial charge >= 0.3 is 0 Å². The number of carbonyl (C=O) groups excluding carboxylic acids is 2. The monoisotopic (exact) mass is 254 g/mol. The Morgan fingerprint density at radius 1 is 1.44 bits per heavy atom. The Morgan fingerprint density at radius 3 is 2.72 bits per heavy atom. The molecule has 0 aliphatic heterocycles. The molecule has 2 amide bonds. The Balaban J connectivity index is 2.23. The first-order valence-electron chi connectivity index (χ1n) is 5.70. The van der Waals surface area contributed by atoms with E-state index in [1.54, 1.807) is 6.07 Å². The van der Waals surface area contributed by atoms with Gasteiger partial charge in [-0.1, -0.05) is 19.0 Å². The Hall–Kier alpha value is -1.89. The van der Waals surface area contributed by atoms with E-state index in [0.717, 1.165) is 0 Å². The van der Waals surface area contributed by atoms with Crippen LogP contribution in [0.1, 0.15) is 19.5 Å². The van der Waals surface area contributed by atoms with Gasteiger partial charge in [0.15, 0.2) is 0 Å². The summed E-state index contributed by atoms with van der Waals surface area (Å²) in [5.41, 5.74) is 6.25. The van der Waals surface area contributed by atoms with E-state index < -0.39 is 6.04 Å². The summed E-state index contributed by atoms with van der Waals surface area (Å²) in [5.74, 6) is -0.605. The van der Waals surface area contributed by atoms with Gasteiger partial charge in [0.2, 0.25) is 11.8 Å². The highest BCUT2D eigenvalue weighted by atomic mass is 16.5. The van der Waals surface area contributed by atoms with Gasteiger partial charge in [-0.25, -0.2) is 0 Å². The number of carbonyl (C=O) groups is 2. The van der Waals surface area contributed by atoms with Gasteiger partial charge in [0.05, 0.1) is 19.1 Å². The van der Waals surface area contributed by atoms with Gasteiger partial charge in [-0.3, -0.25) is 9.59 Å². The van der Waals surface area contributed by atoms with Gasteiger partial charge in [-0.2, -0.15) is 0 Å². The van der Waals surface area contributed by atoms with E-state index in [1.165, 1.54) is 6.26 Å². The van der Waals surface area contributed by atoms with E-state index in [9.17, 15) is 9.59 Å². The van der Waals surface area contributed by atoms with Crippen molar-refractivity contribution < 1.29 is 14.1 Å². The number of hydrogen-bond acceptors (Lipinski definition) is 5. The molecular formula is C11H18N4O3. The maximum Gasteiger partial charge on any atom is 0.239 e. The largest absolute Gasteiger partial charge is 0.364 e. The topological polar surface area (TPSA) is 110 Å². The van der Waals surface area contributed by atoms with Crippen LogP contribution in [0.2, 0.25) is 0 Å². The number of nitrogens with zero attached hydrogens (tertiary/aromatic N) is 1. The fourth-order valence-electron chi connectivity index (χ4n) is 1.17. The van der Waals surface area contributed by atoms with Crippen molar-refractivity contribution in [2.45, 2.75) is 26.4 Å². The van der Waals surface area contributed by atoms with E-state index in [2.05, 4.69) is 20.3 Å². The van der Waals surface area contributed by atoms with E-state index in [0.29, 0.717) is 5.69 Å².